The Morgan fingerprint density at radius 1 is 1.39 bits per heavy atom. The topological polar surface area (TPSA) is 70.5 Å². The molecule has 1 heterocycles. The summed E-state index contributed by atoms with van der Waals surface area (Å²) in [7, 11) is 1.66. The lowest BCUT2D eigenvalue weighted by Gasteiger charge is -2.23. The number of hydrogen-bond acceptors (Lipinski definition) is 3. The third-order valence-corrected chi connectivity index (χ3v) is 3.51. The molecule has 18 heavy (non-hydrogen) atoms. The molecule has 0 bridgehead atoms. The minimum Gasteiger partial charge on any atom is -0.481 e. The number of aliphatic carboxylic acids is 1. The van der Waals surface area contributed by atoms with E-state index in [9.17, 15) is 9.59 Å². The van der Waals surface area contributed by atoms with E-state index in [2.05, 4.69) is 4.98 Å². The molecular weight excluding hydrogens is 232 g/mol. The SMILES string of the molecule is CN(C(=O)C1CCCC1C(=O)O)c1cccnc1. The van der Waals surface area contributed by atoms with Crippen molar-refractivity contribution in [3.63, 3.8) is 0 Å². The monoisotopic (exact) mass is 248 g/mol. The summed E-state index contributed by atoms with van der Waals surface area (Å²) in [5.41, 5.74) is 0.693. The number of anilines is 1. The van der Waals surface area contributed by atoms with E-state index in [0.29, 0.717) is 18.5 Å². The lowest BCUT2D eigenvalue weighted by molar-refractivity contribution is -0.145. The summed E-state index contributed by atoms with van der Waals surface area (Å²) in [5, 5.41) is 9.10. The fourth-order valence-electron chi connectivity index (χ4n) is 2.48. The number of carbonyl (C=O) groups excluding carboxylic acids is 1. The van der Waals surface area contributed by atoms with Crippen LogP contribution in [-0.4, -0.2) is 29.0 Å². The van der Waals surface area contributed by atoms with Crippen LogP contribution in [0.1, 0.15) is 19.3 Å². The first-order valence-corrected chi connectivity index (χ1v) is 6.01. The van der Waals surface area contributed by atoms with Crippen molar-refractivity contribution < 1.29 is 14.7 Å². The maximum atomic E-state index is 12.3. The van der Waals surface area contributed by atoms with Gasteiger partial charge in [0.2, 0.25) is 5.91 Å². The molecular formula is C13H16N2O3. The van der Waals surface area contributed by atoms with Gasteiger partial charge in [-0.1, -0.05) is 6.42 Å². The molecule has 1 aliphatic rings. The Hall–Kier alpha value is -1.91. The lowest BCUT2D eigenvalue weighted by atomic mass is 9.95. The van der Waals surface area contributed by atoms with Gasteiger partial charge in [-0.2, -0.15) is 0 Å². The highest BCUT2D eigenvalue weighted by Crippen LogP contribution is 2.33. The molecule has 0 aliphatic heterocycles. The molecule has 1 fully saturated rings. The number of pyridine rings is 1. The number of carboxylic acid groups (broad SMARTS) is 1. The smallest absolute Gasteiger partial charge is 0.307 e. The first-order chi connectivity index (χ1) is 8.61. The summed E-state index contributed by atoms with van der Waals surface area (Å²) in [4.78, 5) is 28.8. The summed E-state index contributed by atoms with van der Waals surface area (Å²) in [6.45, 7) is 0. The van der Waals surface area contributed by atoms with Gasteiger partial charge >= 0.3 is 5.97 Å². The number of amides is 1. The van der Waals surface area contributed by atoms with Gasteiger partial charge in [0.05, 0.1) is 23.7 Å². The highest BCUT2D eigenvalue weighted by molar-refractivity contribution is 5.96. The van der Waals surface area contributed by atoms with Crippen LogP contribution in [0.4, 0.5) is 5.69 Å². The van der Waals surface area contributed by atoms with Crippen molar-refractivity contribution in [2.24, 2.45) is 11.8 Å². The molecule has 2 rings (SSSR count). The molecule has 1 saturated carbocycles. The Kier molecular flexibility index (Phi) is 3.60. The maximum absolute atomic E-state index is 12.3. The van der Waals surface area contributed by atoms with E-state index in [-0.39, 0.29) is 5.91 Å². The molecule has 0 radical (unpaired) electrons. The van der Waals surface area contributed by atoms with E-state index >= 15 is 0 Å². The van der Waals surface area contributed by atoms with E-state index < -0.39 is 17.8 Å². The van der Waals surface area contributed by atoms with Crippen molar-refractivity contribution >= 4 is 17.6 Å². The van der Waals surface area contributed by atoms with E-state index in [1.54, 1.807) is 31.6 Å². The molecule has 1 aromatic heterocycles. The summed E-state index contributed by atoms with van der Waals surface area (Å²) in [6, 6.07) is 3.54. The van der Waals surface area contributed by atoms with Gasteiger partial charge in [0.15, 0.2) is 0 Å². The van der Waals surface area contributed by atoms with E-state index in [1.807, 2.05) is 0 Å². The van der Waals surface area contributed by atoms with Gasteiger partial charge in [0.25, 0.3) is 0 Å². The Morgan fingerprint density at radius 3 is 2.72 bits per heavy atom. The van der Waals surface area contributed by atoms with Crippen molar-refractivity contribution in [1.82, 2.24) is 4.98 Å². The van der Waals surface area contributed by atoms with E-state index in [1.165, 1.54) is 4.90 Å². The molecule has 1 aliphatic carbocycles. The first kappa shape index (κ1) is 12.5. The Morgan fingerprint density at radius 2 is 2.11 bits per heavy atom. The second-order valence-electron chi connectivity index (χ2n) is 4.59. The first-order valence-electron chi connectivity index (χ1n) is 6.01. The zero-order chi connectivity index (χ0) is 13.1. The summed E-state index contributed by atoms with van der Waals surface area (Å²) < 4.78 is 0. The van der Waals surface area contributed by atoms with Crippen LogP contribution in [0.25, 0.3) is 0 Å². The van der Waals surface area contributed by atoms with Crippen LogP contribution in [0.3, 0.4) is 0 Å². The molecule has 1 amide bonds. The third-order valence-electron chi connectivity index (χ3n) is 3.51. The number of rotatable bonds is 3. The quantitative estimate of drug-likeness (QED) is 0.881. The zero-order valence-corrected chi connectivity index (χ0v) is 10.2. The molecule has 0 saturated heterocycles. The molecule has 1 aromatic rings. The highest BCUT2D eigenvalue weighted by Gasteiger charge is 2.39. The molecule has 2 unspecified atom stereocenters. The van der Waals surface area contributed by atoms with Crippen LogP contribution < -0.4 is 4.90 Å². The van der Waals surface area contributed by atoms with Crippen LogP contribution >= 0.6 is 0 Å². The summed E-state index contributed by atoms with van der Waals surface area (Å²) in [5.74, 6) is -1.96. The average Bonchev–Trinajstić information content (AvgIpc) is 2.87. The number of nitrogens with zero attached hydrogens (tertiary/aromatic N) is 2. The van der Waals surface area contributed by atoms with Crippen LogP contribution in [-0.2, 0) is 9.59 Å². The summed E-state index contributed by atoms with van der Waals surface area (Å²) in [6.07, 6.45) is 5.28. The molecule has 5 nitrogen and oxygen atoms in total. The molecule has 96 valence electrons. The minimum absolute atomic E-state index is 0.132. The van der Waals surface area contributed by atoms with Crippen LogP contribution in [0.2, 0.25) is 0 Å². The standard InChI is InChI=1S/C13H16N2O3/c1-15(9-4-3-7-14-8-9)12(16)10-5-2-6-11(10)13(17)18/h3-4,7-8,10-11H,2,5-6H2,1H3,(H,17,18). The molecule has 2 atom stereocenters. The second-order valence-corrected chi connectivity index (χ2v) is 4.59. The van der Waals surface area contributed by atoms with E-state index in [0.717, 1.165) is 6.42 Å². The normalized spacial score (nSPS) is 22.7. The Labute approximate surface area is 105 Å². The van der Waals surface area contributed by atoms with Gasteiger partial charge in [0.1, 0.15) is 0 Å². The average molecular weight is 248 g/mol. The predicted molar refractivity (Wildman–Crippen MR) is 66.1 cm³/mol. The highest BCUT2D eigenvalue weighted by atomic mass is 16.4. The Balaban J connectivity index is 2.14. The number of hydrogen-bond donors (Lipinski definition) is 1. The Bertz CT molecular complexity index is 447. The number of carboxylic acids is 1. The summed E-state index contributed by atoms with van der Waals surface area (Å²) >= 11 is 0. The molecule has 5 heteroatoms. The van der Waals surface area contributed by atoms with Crippen molar-refractivity contribution in [1.29, 1.82) is 0 Å². The van der Waals surface area contributed by atoms with Gasteiger partial charge in [-0.15, -0.1) is 0 Å². The van der Waals surface area contributed by atoms with Crippen molar-refractivity contribution in [2.75, 3.05) is 11.9 Å². The van der Waals surface area contributed by atoms with Crippen LogP contribution in [0, 0.1) is 11.8 Å². The van der Waals surface area contributed by atoms with Crippen molar-refractivity contribution in [3.8, 4) is 0 Å². The van der Waals surface area contributed by atoms with Gasteiger partial charge in [-0.3, -0.25) is 14.6 Å². The van der Waals surface area contributed by atoms with Gasteiger partial charge in [-0.25, -0.2) is 0 Å². The van der Waals surface area contributed by atoms with Crippen molar-refractivity contribution in [3.05, 3.63) is 24.5 Å². The molecule has 0 spiro atoms. The predicted octanol–water partition coefficient (Wildman–Crippen LogP) is 1.55. The number of aromatic nitrogens is 1. The maximum Gasteiger partial charge on any atom is 0.307 e. The van der Waals surface area contributed by atoms with Crippen molar-refractivity contribution in [2.45, 2.75) is 19.3 Å². The number of carbonyl (C=O) groups is 2. The largest absolute Gasteiger partial charge is 0.481 e. The van der Waals surface area contributed by atoms with E-state index in [4.69, 9.17) is 5.11 Å². The third kappa shape index (κ3) is 2.34. The minimum atomic E-state index is -0.870. The molecule has 1 N–H and O–H groups in total. The second kappa shape index (κ2) is 5.16. The fraction of sp³-hybridized carbons (Fsp3) is 0.462. The van der Waals surface area contributed by atoms with Gasteiger partial charge < -0.3 is 10.0 Å². The van der Waals surface area contributed by atoms with Gasteiger partial charge in [-0.05, 0) is 25.0 Å². The van der Waals surface area contributed by atoms with Crippen LogP contribution in [0.5, 0.6) is 0 Å². The molecule has 0 aromatic carbocycles. The zero-order valence-electron chi connectivity index (χ0n) is 10.2. The van der Waals surface area contributed by atoms with Gasteiger partial charge in [0, 0.05) is 13.2 Å². The lowest BCUT2D eigenvalue weighted by Crippen LogP contribution is -2.36. The fourth-order valence-corrected chi connectivity index (χ4v) is 2.48. The van der Waals surface area contributed by atoms with Crippen LogP contribution in [0.15, 0.2) is 24.5 Å².